The molecule has 1 heterocycles. The van der Waals surface area contributed by atoms with E-state index in [9.17, 15) is 8.42 Å². The molecule has 0 bridgehead atoms. The number of anilines is 1. The van der Waals surface area contributed by atoms with Crippen LogP contribution >= 0.6 is 0 Å². The van der Waals surface area contributed by atoms with Crippen molar-refractivity contribution in [2.24, 2.45) is 0 Å². The lowest BCUT2D eigenvalue weighted by Gasteiger charge is -2.20. The van der Waals surface area contributed by atoms with Gasteiger partial charge in [0.25, 0.3) is 10.0 Å². The Labute approximate surface area is 133 Å². The van der Waals surface area contributed by atoms with E-state index >= 15 is 0 Å². The zero-order valence-corrected chi connectivity index (χ0v) is 13.4. The molecule has 0 unspecified atom stereocenters. The molecule has 2 aromatic rings. The maximum atomic E-state index is 12.8. The number of hydrogen-bond acceptors (Lipinski definition) is 8. The van der Waals surface area contributed by atoms with Gasteiger partial charge in [0.15, 0.2) is 0 Å². The first-order valence-corrected chi connectivity index (χ1v) is 7.87. The van der Waals surface area contributed by atoms with Crippen molar-refractivity contribution in [2.75, 3.05) is 11.6 Å². The molecule has 124 valence electrons. The summed E-state index contributed by atoms with van der Waals surface area (Å²) in [7, 11) is -5.26. The highest BCUT2D eigenvalue weighted by molar-refractivity contribution is 7.92. The normalized spacial score (nSPS) is 11.3. The van der Waals surface area contributed by atoms with Crippen molar-refractivity contribution in [3.8, 4) is 5.75 Å². The summed E-state index contributed by atoms with van der Waals surface area (Å²) in [6, 6.07) is 5.46. The highest BCUT2D eigenvalue weighted by atomic mass is 32.2. The van der Waals surface area contributed by atoms with E-state index in [1.54, 1.807) is 13.8 Å². The maximum absolute atomic E-state index is 12.8. The van der Waals surface area contributed by atoms with Crippen molar-refractivity contribution < 1.29 is 32.5 Å². The fraction of sp³-hybridized carbons (Fsp3) is 0.250. The lowest BCUT2D eigenvalue weighted by molar-refractivity contribution is 0.210. The molecule has 0 aliphatic rings. The summed E-state index contributed by atoms with van der Waals surface area (Å²) >= 11 is 0. The first-order chi connectivity index (χ1) is 10.8. The molecule has 11 heteroatoms. The lowest BCUT2D eigenvalue weighted by Crippen LogP contribution is -2.32. The number of aryl methyl sites for hydroxylation is 1. The van der Waals surface area contributed by atoms with E-state index < -0.39 is 17.3 Å². The first kappa shape index (κ1) is 17.3. The van der Waals surface area contributed by atoms with Crippen LogP contribution in [0.15, 0.2) is 33.7 Å². The van der Waals surface area contributed by atoms with E-state index in [0.717, 1.165) is 7.11 Å². The van der Waals surface area contributed by atoms with E-state index in [1.807, 2.05) is 0 Å². The monoisotopic (exact) mass is 342 g/mol. The highest BCUT2D eigenvalue weighted by Gasteiger charge is 2.33. The average Bonchev–Trinajstić information content (AvgIpc) is 2.80. The van der Waals surface area contributed by atoms with Crippen LogP contribution in [0.1, 0.15) is 11.3 Å². The topological polar surface area (TPSA) is 122 Å². The largest absolute Gasteiger partial charge is 0.707 e. The van der Waals surface area contributed by atoms with E-state index in [0.29, 0.717) is 15.8 Å². The van der Waals surface area contributed by atoms with Gasteiger partial charge in [-0.3, -0.25) is 4.84 Å². The van der Waals surface area contributed by atoms with Gasteiger partial charge in [-0.15, -0.1) is 4.47 Å². The van der Waals surface area contributed by atoms with Gasteiger partial charge in [-0.1, -0.05) is 17.3 Å². The van der Waals surface area contributed by atoms with Crippen molar-refractivity contribution in [1.29, 1.82) is 0 Å². The van der Waals surface area contributed by atoms with Crippen LogP contribution in [0.2, 0.25) is 0 Å². The minimum atomic E-state index is -4.25. The van der Waals surface area contributed by atoms with Gasteiger partial charge >= 0.3 is 7.32 Å². The van der Waals surface area contributed by atoms with Crippen molar-refractivity contribution in [2.45, 2.75) is 18.7 Å². The molecule has 0 radical (unpaired) electrons. The van der Waals surface area contributed by atoms with Gasteiger partial charge in [-0.2, -0.15) is 8.42 Å². The summed E-state index contributed by atoms with van der Waals surface area (Å²) in [5.74, 6) is 0.152. The number of benzene rings is 1. The number of rotatable bonds is 6. The zero-order chi connectivity index (χ0) is 17.2. The molecule has 2 rings (SSSR count). The quantitative estimate of drug-likeness (QED) is 0.571. The number of nitrogens with zero attached hydrogens (tertiary/aromatic N) is 2. The predicted molar refractivity (Wildman–Crippen MR) is 79.9 cm³/mol. The Bertz CT molecular complexity index is 790. The van der Waals surface area contributed by atoms with Crippen LogP contribution in [0.25, 0.3) is 0 Å². The zero-order valence-electron chi connectivity index (χ0n) is 12.6. The first-order valence-electron chi connectivity index (χ1n) is 6.43. The van der Waals surface area contributed by atoms with E-state index in [2.05, 4.69) is 5.16 Å². The lowest BCUT2D eigenvalue weighted by atomic mass is 10.2. The summed E-state index contributed by atoms with van der Waals surface area (Å²) in [6.07, 6.45) is 0. The van der Waals surface area contributed by atoms with Crippen LogP contribution in [0.5, 0.6) is 5.75 Å². The standard InChI is InChI=1S/C12H15BN2O7S/c1-8-9(2)22-14-12(8)15(20-3)23(18,19)11-7-5-4-6-10(11)21-13(16)17/h4-7,16-17H,1-3H3. The van der Waals surface area contributed by atoms with Gasteiger partial charge in [0.1, 0.15) is 16.4 Å². The molecule has 0 saturated carbocycles. The van der Waals surface area contributed by atoms with E-state index in [4.69, 9.17) is 24.1 Å². The third kappa shape index (κ3) is 3.32. The summed E-state index contributed by atoms with van der Waals surface area (Å²) in [6.45, 7) is 3.26. The molecule has 2 N–H and O–H groups in total. The Hall–Kier alpha value is -2.08. The molecule has 1 aromatic carbocycles. The second-order valence-electron chi connectivity index (χ2n) is 4.49. The van der Waals surface area contributed by atoms with Crippen LogP contribution in [-0.2, 0) is 14.9 Å². The number of hydrogen-bond donors (Lipinski definition) is 2. The second-order valence-corrected chi connectivity index (χ2v) is 6.21. The van der Waals surface area contributed by atoms with Gasteiger partial charge < -0.3 is 19.2 Å². The Kier molecular flexibility index (Phi) is 4.95. The van der Waals surface area contributed by atoms with E-state index in [1.165, 1.54) is 24.3 Å². The van der Waals surface area contributed by atoms with Crippen LogP contribution in [0.4, 0.5) is 5.82 Å². The molecule has 0 atom stereocenters. The maximum Gasteiger partial charge on any atom is 0.707 e. The minimum absolute atomic E-state index is 0.0376. The SMILES string of the molecule is CON(c1noc(C)c1C)S(=O)(=O)c1ccccc1OB(O)O. The molecule has 23 heavy (non-hydrogen) atoms. The molecular formula is C12H15BN2O7S. The number of para-hydroxylation sites is 1. The Morgan fingerprint density at radius 3 is 2.43 bits per heavy atom. The van der Waals surface area contributed by atoms with Gasteiger partial charge in [-0.05, 0) is 26.0 Å². The van der Waals surface area contributed by atoms with Crippen LogP contribution in [-0.4, -0.2) is 38.1 Å². The molecule has 1 aromatic heterocycles. The molecule has 9 nitrogen and oxygen atoms in total. The third-order valence-corrected chi connectivity index (χ3v) is 4.70. The molecule has 0 fully saturated rings. The molecule has 0 aliphatic heterocycles. The Morgan fingerprint density at radius 2 is 1.91 bits per heavy atom. The van der Waals surface area contributed by atoms with Crippen LogP contribution in [0, 0.1) is 13.8 Å². The van der Waals surface area contributed by atoms with Crippen LogP contribution < -0.4 is 9.12 Å². The van der Waals surface area contributed by atoms with Gasteiger partial charge in [0.2, 0.25) is 5.82 Å². The summed E-state index contributed by atoms with van der Waals surface area (Å²) in [5, 5.41) is 21.5. The van der Waals surface area contributed by atoms with Crippen LogP contribution in [0.3, 0.4) is 0 Å². The summed E-state index contributed by atoms with van der Waals surface area (Å²) in [4.78, 5) is 4.63. The summed E-state index contributed by atoms with van der Waals surface area (Å²) < 4.78 is 35.8. The smallest absolute Gasteiger partial charge is 0.511 e. The molecule has 0 aliphatic carbocycles. The van der Waals surface area contributed by atoms with Crippen molar-refractivity contribution in [1.82, 2.24) is 5.16 Å². The van der Waals surface area contributed by atoms with Gasteiger partial charge in [-0.25, -0.2) is 0 Å². The molecule has 0 amide bonds. The summed E-state index contributed by atoms with van der Waals surface area (Å²) in [5.41, 5.74) is 0.482. The highest BCUT2D eigenvalue weighted by Crippen LogP contribution is 2.31. The average molecular weight is 342 g/mol. The second kappa shape index (κ2) is 6.58. The number of sulfonamides is 1. The van der Waals surface area contributed by atoms with Crippen molar-refractivity contribution >= 4 is 23.2 Å². The van der Waals surface area contributed by atoms with Crippen molar-refractivity contribution in [3.63, 3.8) is 0 Å². The Balaban J connectivity index is 2.54. The van der Waals surface area contributed by atoms with Gasteiger partial charge in [0, 0.05) is 5.56 Å². The Morgan fingerprint density at radius 1 is 1.26 bits per heavy atom. The van der Waals surface area contributed by atoms with Crippen molar-refractivity contribution in [3.05, 3.63) is 35.6 Å². The van der Waals surface area contributed by atoms with E-state index in [-0.39, 0.29) is 16.5 Å². The van der Waals surface area contributed by atoms with Gasteiger partial charge in [0.05, 0.1) is 7.11 Å². The third-order valence-electron chi connectivity index (χ3n) is 3.05. The molecular weight excluding hydrogens is 327 g/mol. The fourth-order valence-corrected chi connectivity index (χ4v) is 3.23. The molecule has 0 saturated heterocycles. The predicted octanol–water partition coefficient (Wildman–Crippen LogP) is 0.396. The minimum Gasteiger partial charge on any atom is -0.511 e. The fourth-order valence-electron chi connectivity index (χ4n) is 1.84. The molecule has 0 spiro atoms. The number of aromatic nitrogens is 1.